The molecule has 1 saturated heterocycles. The molecule has 3 aromatic rings. The lowest BCUT2D eigenvalue weighted by atomic mass is 10.0. The molecule has 0 bridgehead atoms. The van der Waals surface area contributed by atoms with Crippen molar-refractivity contribution in [1.82, 2.24) is 24.4 Å². The van der Waals surface area contributed by atoms with Gasteiger partial charge in [0.1, 0.15) is 11.6 Å². The zero-order valence-corrected chi connectivity index (χ0v) is 16.3. The molecule has 0 amide bonds. The van der Waals surface area contributed by atoms with E-state index in [0.29, 0.717) is 6.04 Å². The molecule has 0 spiro atoms. The highest BCUT2D eigenvalue weighted by Crippen LogP contribution is 2.34. The lowest BCUT2D eigenvalue weighted by Crippen LogP contribution is -2.26. The smallest absolute Gasteiger partial charge is 0.143 e. The van der Waals surface area contributed by atoms with E-state index in [1.165, 1.54) is 49.3 Å². The van der Waals surface area contributed by atoms with Crippen LogP contribution in [0.25, 0.3) is 10.9 Å². The predicted molar refractivity (Wildman–Crippen MR) is 107 cm³/mol. The number of aryl methyl sites for hydroxylation is 2. The maximum atomic E-state index is 5.07. The first-order valence-corrected chi connectivity index (χ1v) is 10.2. The summed E-state index contributed by atoms with van der Waals surface area (Å²) in [6.45, 7) is 3.98. The maximum absolute atomic E-state index is 5.07. The van der Waals surface area contributed by atoms with E-state index >= 15 is 0 Å². The number of rotatable bonds is 3. The fourth-order valence-corrected chi connectivity index (χ4v) is 4.86. The van der Waals surface area contributed by atoms with E-state index in [-0.39, 0.29) is 0 Å². The number of para-hydroxylation sites is 1. The van der Waals surface area contributed by atoms with Gasteiger partial charge in [-0.05, 0) is 58.1 Å². The maximum Gasteiger partial charge on any atom is 0.143 e. The monoisotopic (exact) mass is 361 g/mol. The van der Waals surface area contributed by atoms with E-state index in [4.69, 9.17) is 15.0 Å². The largest absolute Gasteiger partial charge is 0.334 e. The van der Waals surface area contributed by atoms with E-state index < -0.39 is 0 Å². The van der Waals surface area contributed by atoms with Crippen LogP contribution in [0, 0.1) is 6.92 Å². The van der Waals surface area contributed by atoms with Gasteiger partial charge < -0.3 is 4.57 Å². The standard InChI is InChI=1S/C22H27N5/c1-15-16-8-3-4-9-17(16)24-21(23-15)14-27-13-7-12-20(27)22-25-18-10-5-6-11-19(18)26(22)2/h3-4,8-9,20H,5-7,10-14H2,1-2H3. The zero-order chi connectivity index (χ0) is 18.4. The quantitative estimate of drug-likeness (QED) is 0.710. The Morgan fingerprint density at radius 3 is 2.78 bits per heavy atom. The van der Waals surface area contributed by atoms with Gasteiger partial charge in [0.05, 0.1) is 23.8 Å². The van der Waals surface area contributed by atoms with Gasteiger partial charge in [0.15, 0.2) is 0 Å². The van der Waals surface area contributed by atoms with Crippen molar-refractivity contribution in [2.45, 2.75) is 58.0 Å². The summed E-state index contributed by atoms with van der Waals surface area (Å²) in [5, 5.41) is 1.15. The van der Waals surface area contributed by atoms with Crippen molar-refractivity contribution in [2.75, 3.05) is 6.54 Å². The molecule has 0 saturated carbocycles. The topological polar surface area (TPSA) is 46.8 Å². The number of likely N-dealkylation sites (tertiary alicyclic amines) is 1. The van der Waals surface area contributed by atoms with Crippen LogP contribution < -0.4 is 0 Å². The van der Waals surface area contributed by atoms with Gasteiger partial charge in [-0.1, -0.05) is 18.2 Å². The fourth-order valence-electron chi connectivity index (χ4n) is 4.86. The lowest BCUT2D eigenvalue weighted by Gasteiger charge is -2.24. The average molecular weight is 361 g/mol. The number of hydrogen-bond acceptors (Lipinski definition) is 4. The first-order valence-electron chi connectivity index (χ1n) is 10.2. The predicted octanol–water partition coefficient (Wildman–Crippen LogP) is 3.89. The van der Waals surface area contributed by atoms with Crippen LogP contribution >= 0.6 is 0 Å². The van der Waals surface area contributed by atoms with Crippen molar-refractivity contribution in [3.05, 3.63) is 53.0 Å². The molecule has 0 N–H and O–H groups in total. The van der Waals surface area contributed by atoms with E-state index in [0.717, 1.165) is 41.9 Å². The van der Waals surface area contributed by atoms with Gasteiger partial charge in [-0.2, -0.15) is 0 Å². The number of imidazole rings is 1. The molecular formula is C22H27N5. The van der Waals surface area contributed by atoms with Crippen molar-refractivity contribution in [1.29, 1.82) is 0 Å². The average Bonchev–Trinajstić information content (AvgIpc) is 3.26. The van der Waals surface area contributed by atoms with Gasteiger partial charge in [0.25, 0.3) is 0 Å². The van der Waals surface area contributed by atoms with Crippen LogP contribution in [0.15, 0.2) is 24.3 Å². The minimum Gasteiger partial charge on any atom is -0.334 e. The van der Waals surface area contributed by atoms with Crippen LogP contribution in [0.4, 0.5) is 0 Å². The summed E-state index contributed by atoms with van der Waals surface area (Å²) < 4.78 is 2.38. The number of nitrogens with zero attached hydrogens (tertiary/aromatic N) is 5. The van der Waals surface area contributed by atoms with E-state index in [9.17, 15) is 0 Å². The Balaban J connectivity index is 1.45. The molecule has 1 atom stereocenters. The van der Waals surface area contributed by atoms with Crippen molar-refractivity contribution in [2.24, 2.45) is 7.05 Å². The number of aromatic nitrogens is 4. The fraction of sp³-hybridized carbons (Fsp3) is 0.500. The highest BCUT2D eigenvalue weighted by molar-refractivity contribution is 5.80. The second kappa shape index (κ2) is 6.71. The lowest BCUT2D eigenvalue weighted by molar-refractivity contribution is 0.230. The molecule has 0 radical (unpaired) electrons. The highest BCUT2D eigenvalue weighted by Gasteiger charge is 2.32. The van der Waals surface area contributed by atoms with Crippen LogP contribution in [-0.4, -0.2) is 31.0 Å². The van der Waals surface area contributed by atoms with Crippen LogP contribution in [0.5, 0.6) is 0 Å². The van der Waals surface area contributed by atoms with Crippen LogP contribution in [0.2, 0.25) is 0 Å². The van der Waals surface area contributed by atoms with E-state index in [1.54, 1.807) is 0 Å². The van der Waals surface area contributed by atoms with Crippen molar-refractivity contribution < 1.29 is 0 Å². The Kier molecular flexibility index (Phi) is 4.20. The summed E-state index contributed by atoms with van der Waals surface area (Å²) in [5.74, 6) is 2.17. The molecule has 1 aromatic carbocycles. The summed E-state index contributed by atoms with van der Waals surface area (Å²) >= 11 is 0. The second-order valence-electron chi connectivity index (χ2n) is 8.00. The van der Waals surface area contributed by atoms with E-state index in [2.05, 4.69) is 47.7 Å². The van der Waals surface area contributed by atoms with Gasteiger partial charge in [-0.15, -0.1) is 0 Å². The Bertz CT molecular complexity index is 990. The molecule has 1 fully saturated rings. The molecule has 1 aliphatic heterocycles. The summed E-state index contributed by atoms with van der Waals surface area (Å²) in [4.78, 5) is 17.2. The van der Waals surface area contributed by atoms with Crippen molar-refractivity contribution in [3.8, 4) is 0 Å². The first kappa shape index (κ1) is 16.9. The summed E-state index contributed by atoms with van der Waals surface area (Å²) in [6, 6.07) is 8.68. The molecule has 3 heterocycles. The van der Waals surface area contributed by atoms with Gasteiger partial charge in [0.2, 0.25) is 0 Å². The molecule has 1 unspecified atom stereocenters. The number of benzene rings is 1. The third-order valence-electron chi connectivity index (χ3n) is 6.25. The minimum atomic E-state index is 0.385. The minimum absolute atomic E-state index is 0.385. The van der Waals surface area contributed by atoms with Gasteiger partial charge in [-0.25, -0.2) is 15.0 Å². The Morgan fingerprint density at radius 2 is 1.89 bits per heavy atom. The number of fused-ring (bicyclic) bond motifs is 2. The Morgan fingerprint density at radius 1 is 1.04 bits per heavy atom. The van der Waals surface area contributed by atoms with Crippen molar-refractivity contribution >= 4 is 10.9 Å². The summed E-state index contributed by atoms with van der Waals surface area (Å²) in [5.41, 5.74) is 4.91. The second-order valence-corrected chi connectivity index (χ2v) is 8.00. The zero-order valence-electron chi connectivity index (χ0n) is 16.3. The molecule has 5 heteroatoms. The molecule has 27 heavy (non-hydrogen) atoms. The van der Waals surface area contributed by atoms with Gasteiger partial charge in [0, 0.05) is 23.8 Å². The molecule has 140 valence electrons. The van der Waals surface area contributed by atoms with Crippen LogP contribution in [0.1, 0.15) is 60.5 Å². The Labute approximate surface area is 160 Å². The normalized spacial score (nSPS) is 20.3. The first-order chi connectivity index (χ1) is 13.2. The molecule has 5 rings (SSSR count). The molecule has 2 aliphatic rings. The number of hydrogen-bond donors (Lipinski definition) is 0. The third-order valence-corrected chi connectivity index (χ3v) is 6.25. The summed E-state index contributed by atoms with van der Waals surface area (Å²) in [6.07, 6.45) is 7.29. The van der Waals surface area contributed by atoms with Gasteiger partial charge in [-0.3, -0.25) is 4.90 Å². The third kappa shape index (κ3) is 2.94. The SMILES string of the molecule is Cc1nc(CN2CCCC2c2nc3c(n2C)CCCC3)nc2ccccc12. The summed E-state index contributed by atoms with van der Waals surface area (Å²) in [7, 11) is 2.21. The molecule has 1 aliphatic carbocycles. The van der Waals surface area contributed by atoms with Crippen LogP contribution in [-0.2, 0) is 26.4 Å². The van der Waals surface area contributed by atoms with Crippen molar-refractivity contribution in [3.63, 3.8) is 0 Å². The van der Waals surface area contributed by atoms with E-state index in [1.807, 2.05) is 0 Å². The highest BCUT2D eigenvalue weighted by atomic mass is 15.2. The molecule has 2 aromatic heterocycles. The van der Waals surface area contributed by atoms with Gasteiger partial charge >= 0.3 is 0 Å². The van der Waals surface area contributed by atoms with Crippen LogP contribution in [0.3, 0.4) is 0 Å². The molecular weight excluding hydrogens is 334 g/mol. The Hall–Kier alpha value is -2.27. The molecule has 5 nitrogen and oxygen atoms in total.